The van der Waals surface area contributed by atoms with E-state index in [0.717, 1.165) is 37.9 Å². The summed E-state index contributed by atoms with van der Waals surface area (Å²) >= 11 is 1.96. The van der Waals surface area contributed by atoms with Gasteiger partial charge in [-0.2, -0.15) is 11.8 Å². The maximum Gasteiger partial charge on any atom is 0.307 e. The van der Waals surface area contributed by atoms with Gasteiger partial charge in [0, 0.05) is 42.3 Å². The van der Waals surface area contributed by atoms with E-state index < -0.39 is 5.97 Å². The average molecular weight is 413 g/mol. The normalized spacial score (nSPS) is 25.2. The zero-order valence-electron chi connectivity index (χ0n) is 17.5. The smallest absolute Gasteiger partial charge is 0.307 e. The van der Waals surface area contributed by atoms with Crippen LogP contribution in [0.5, 0.6) is 0 Å². The lowest BCUT2D eigenvalue weighted by atomic mass is 9.78. The van der Waals surface area contributed by atoms with Gasteiger partial charge in [-0.1, -0.05) is 33.6 Å². The zero-order chi connectivity index (χ0) is 20.7. The minimum atomic E-state index is -0.735. The Morgan fingerprint density at radius 2 is 2.00 bits per heavy atom. The summed E-state index contributed by atoms with van der Waals surface area (Å²) in [7, 11) is 0. The fourth-order valence-corrected chi connectivity index (χ4v) is 5.93. The molecule has 0 aliphatic carbocycles. The number of nitrogens with one attached hydrogen (secondary N) is 2. The van der Waals surface area contributed by atoms with Crippen LogP contribution in [0.2, 0.25) is 0 Å². The molecule has 2 amide bonds. The number of carbonyl (C=O) groups excluding carboxylic acids is 2. The van der Waals surface area contributed by atoms with Gasteiger partial charge in [0.1, 0.15) is 0 Å². The van der Waals surface area contributed by atoms with E-state index in [1.165, 1.54) is 0 Å². The molecule has 0 radical (unpaired) electrons. The topological polar surface area (TPSA) is 95.5 Å². The maximum atomic E-state index is 12.0. The van der Waals surface area contributed by atoms with Crippen LogP contribution in [-0.2, 0) is 14.4 Å². The Bertz CT molecular complexity index is 561. The van der Waals surface area contributed by atoms with Gasteiger partial charge >= 0.3 is 5.97 Å². The Morgan fingerprint density at radius 1 is 1.25 bits per heavy atom. The van der Waals surface area contributed by atoms with Crippen LogP contribution in [-0.4, -0.2) is 46.5 Å². The molecule has 0 bridgehead atoms. The number of fused-ring (bicyclic) bond motifs is 1. The third kappa shape index (κ3) is 6.98. The largest absolute Gasteiger partial charge is 0.481 e. The molecule has 0 spiro atoms. The number of carboxylic acids is 1. The van der Waals surface area contributed by atoms with Crippen molar-refractivity contribution in [2.24, 2.45) is 17.3 Å². The molecule has 7 heteroatoms. The quantitative estimate of drug-likeness (QED) is 0.453. The van der Waals surface area contributed by atoms with E-state index >= 15 is 0 Å². The summed E-state index contributed by atoms with van der Waals surface area (Å²) in [6.07, 6.45) is 6.46. The number of unbranched alkanes of at least 4 members (excludes halogenated alkanes) is 2. The second-order valence-corrected chi connectivity index (χ2v) is 10.5. The van der Waals surface area contributed by atoms with Crippen LogP contribution >= 0.6 is 11.8 Å². The van der Waals surface area contributed by atoms with Crippen LogP contribution in [0, 0.1) is 17.3 Å². The highest BCUT2D eigenvalue weighted by Crippen LogP contribution is 2.40. The molecule has 4 unspecified atom stereocenters. The molecule has 0 aromatic carbocycles. The van der Waals surface area contributed by atoms with Gasteiger partial charge in [-0.05, 0) is 31.1 Å². The molecule has 2 rings (SSSR count). The molecule has 0 aromatic rings. The van der Waals surface area contributed by atoms with E-state index in [2.05, 4.69) is 10.6 Å². The van der Waals surface area contributed by atoms with Gasteiger partial charge in [0.15, 0.2) is 0 Å². The van der Waals surface area contributed by atoms with Gasteiger partial charge in [-0.3, -0.25) is 14.4 Å². The number of amides is 2. The highest BCUT2D eigenvalue weighted by molar-refractivity contribution is 8.00. The molecule has 3 N–H and O–H groups in total. The molecule has 2 fully saturated rings. The highest BCUT2D eigenvalue weighted by atomic mass is 32.2. The van der Waals surface area contributed by atoms with Crippen LogP contribution in [0.1, 0.15) is 72.1 Å². The molecule has 4 atom stereocenters. The summed E-state index contributed by atoms with van der Waals surface area (Å²) in [5.41, 5.74) is -0.242. The zero-order valence-corrected chi connectivity index (χ0v) is 18.3. The number of aliphatic carboxylic acids is 1. The van der Waals surface area contributed by atoms with E-state index in [-0.39, 0.29) is 23.1 Å². The van der Waals surface area contributed by atoms with Crippen LogP contribution in [0.4, 0.5) is 0 Å². The predicted molar refractivity (Wildman–Crippen MR) is 112 cm³/mol. The first-order valence-electron chi connectivity index (χ1n) is 10.6. The lowest BCUT2D eigenvalue weighted by molar-refractivity contribution is -0.145. The van der Waals surface area contributed by atoms with Crippen molar-refractivity contribution in [1.82, 2.24) is 10.6 Å². The second-order valence-electron chi connectivity index (χ2n) is 9.26. The minimum Gasteiger partial charge on any atom is -0.481 e. The van der Waals surface area contributed by atoms with Crippen molar-refractivity contribution in [2.45, 2.75) is 83.4 Å². The predicted octanol–water partition coefficient (Wildman–Crippen LogP) is 3.20. The van der Waals surface area contributed by atoms with Gasteiger partial charge in [-0.25, -0.2) is 0 Å². The molecule has 2 heterocycles. The standard InChI is InChI=1S/C21H36N2O4S/c1-21(2,3)15(20(26)27)8-6-7-11-22-18(24)10-5-4-9-17-14-12-19(25)23-16(14)13-28-17/h14-17H,4-13H2,1-3H3,(H,22,24)(H,23,25)(H,26,27). The summed E-state index contributed by atoms with van der Waals surface area (Å²) in [5.74, 6) is 0.702. The Kier molecular flexibility index (Phi) is 8.65. The molecule has 2 aliphatic rings. The van der Waals surface area contributed by atoms with Crippen LogP contribution in [0.15, 0.2) is 0 Å². The second kappa shape index (κ2) is 10.5. The van der Waals surface area contributed by atoms with E-state index in [0.29, 0.717) is 43.0 Å². The minimum absolute atomic E-state index is 0.0836. The molecule has 6 nitrogen and oxygen atoms in total. The first-order valence-corrected chi connectivity index (χ1v) is 11.6. The number of rotatable bonds is 11. The fourth-order valence-electron chi connectivity index (χ4n) is 4.28. The van der Waals surface area contributed by atoms with Crippen molar-refractivity contribution in [3.05, 3.63) is 0 Å². The van der Waals surface area contributed by atoms with Crippen LogP contribution in [0.3, 0.4) is 0 Å². The summed E-state index contributed by atoms with van der Waals surface area (Å²) in [5, 5.41) is 15.9. The maximum absolute atomic E-state index is 12.0. The highest BCUT2D eigenvalue weighted by Gasteiger charge is 2.42. The van der Waals surface area contributed by atoms with Gasteiger partial charge in [-0.15, -0.1) is 0 Å². The van der Waals surface area contributed by atoms with Gasteiger partial charge in [0.2, 0.25) is 11.8 Å². The monoisotopic (exact) mass is 412 g/mol. The molecule has 0 aromatic heterocycles. The number of thioether (sulfide) groups is 1. The van der Waals surface area contributed by atoms with Crippen molar-refractivity contribution >= 4 is 29.5 Å². The lowest BCUT2D eigenvalue weighted by Gasteiger charge is -2.26. The molecule has 160 valence electrons. The van der Waals surface area contributed by atoms with Crippen molar-refractivity contribution in [3.63, 3.8) is 0 Å². The Morgan fingerprint density at radius 3 is 2.68 bits per heavy atom. The molecule has 2 saturated heterocycles. The Labute approximate surface area is 173 Å². The SMILES string of the molecule is CC(C)(C)C(CCCCNC(=O)CCCCC1SCC2NC(=O)CC21)C(=O)O. The number of hydrogen-bond acceptors (Lipinski definition) is 4. The summed E-state index contributed by atoms with van der Waals surface area (Å²) in [6, 6.07) is 0.366. The average Bonchev–Trinajstić information content (AvgIpc) is 3.12. The van der Waals surface area contributed by atoms with Crippen molar-refractivity contribution < 1.29 is 19.5 Å². The molecular weight excluding hydrogens is 376 g/mol. The summed E-state index contributed by atoms with van der Waals surface area (Å²) < 4.78 is 0. The van der Waals surface area contributed by atoms with Gasteiger partial charge in [0.05, 0.1) is 5.92 Å². The third-order valence-electron chi connectivity index (χ3n) is 5.98. The lowest BCUT2D eigenvalue weighted by Crippen LogP contribution is -2.29. The molecule has 28 heavy (non-hydrogen) atoms. The van der Waals surface area contributed by atoms with Crippen molar-refractivity contribution in [3.8, 4) is 0 Å². The third-order valence-corrected chi connectivity index (χ3v) is 7.54. The van der Waals surface area contributed by atoms with Crippen molar-refractivity contribution in [2.75, 3.05) is 12.3 Å². The van der Waals surface area contributed by atoms with Crippen LogP contribution < -0.4 is 10.6 Å². The number of carbonyl (C=O) groups is 3. The fraction of sp³-hybridized carbons (Fsp3) is 0.857. The first-order chi connectivity index (χ1) is 13.2. The van der Waals surface area contributed by atoms with Gasteiger partial charge in [0.25, 0.3) is 0 Å². The number of carboxylic acid groups (broad SMARTS) is 1. The van der Waals surface area contributed by atoms with Gasteiger partial charge < -0.3 is 15.7 Å². The number of hydrogen-bond donors (Lipinski definition) is 3. The van der Waals surface area contributed by atoms with E-state index in [1.54, 1.807) is 0 Å². The Balaban J connectivity index is 1.50. The first kappa shape index (κ1) is 23.0. The molecule has 2 aliphatic heterocycles. The summed E-state index contributed by atoms with van der Waals surface area (Å²) in [4.78, 5) is 34.8. The van der Waals surface area contributed by atoms with Crippen LogP contribution in [0.25, 0.3) is 0 Å². The van der Waals surface area contributed by atoms with E-state index in [1.807, 2.05) is 32.5 Å². The van der Waals surface area contributed by atoms with E-state index in [9.17, 15) is 19.5 Å². The van der Waals surface area contributed by atoms with Crippen molar-refractivity contribution in [1.29, 1.82) is 0 Å². The Hall–Kier alpha value is -1.24. The van der Waals surface area contributed by atoms with E-state index in [4.69, 9.17) is 0 Å². The molecule has 0 saturated carbocycles. The summed E-state index contributed by atoms with van der Waals surface area (Å²) in [6.45, 7) is 6.49. The molecular formula is C21H36N2O4S.